The molecule has 0 aromatic heterocycles. The molecule has 7 rings (SSSR count). The van der Waals surface area contributed by atoms with Crippen molar-refractivity contribution in [1.82, 2.24) is 41.7 Å². The molecule has 14 atom stereocenters. The van der Waals surface area contributed by atoms with E-state index in [0.29, 0.717) is 28.7 Å². The first-order valence-corrected chi connectivity index (χ1v) is 29.9. The summed E-state index contributed by atoms with van der Waals surface area (Å²) in [5.41, 5.74) is 0.541. The molecule has 486 valence electrons. The Morgan fingerprint density at radius 3 is 2.12 bits per heavy atom. The van der Waals surface area contributed by atoms with E-state index in [2.05, 4.69) is 38.8 Å². The van der Waals surface area contributed by atoms with Gasteiger partial charge in [-0.05, 0) is 78.1 Å². The standard InChI is InChI=1S/C62H79N9O19/c1-3-4-5-6-10-26-88-42-20-17-37-28-39(14-13-38(37)29-42)54(80)65-43-31-47(77)59(89-27-24-64-62(87)90-33-35-11-8-7-9-12-35)69-58(84)51-46(76)22-25-70(51)61(86)49(45(75)21-23-63)67-57(83)50(53(79)52(78)36-15-18-40(73)19-16-36)68-56(82)44-30-41(74)32-71(44)60(85)48(34(2)72)66-55(43)81/h7-9,11-20,28-29,34,41,43-53,59,72-79H,3-6,10,21-22,24-27,30-33H2,1-2H3,(H,64,87)(H,65,80)(H,66,81)(H,67,83)(H,68,82)(H,69,84)/t34-,41-,43+,44+,45-,46+,47+,48+,49+,50+,51+,52-,53+,59-/m1/s1. The van der Waals surface area contributed by atoms with Crippen LogP contribution in [0.4, 0.5) is 4.79 Å². The van der Waals surface area contributed by atoms with Gasteiger partial charge in [-0.15, -0.1) is 0 Å². The summed E-state index contributed by atoms with van der Waals surface area (Å²) in [5.74, 6) is -8.37. The van der Waals surface area contributed by atoms with Gasteiger partial charge in [0.05, 0.1) is 50.1 Å². The van der Waals surface area contributed by atoms with Crippen LogP contribution in [0.1, 0.15) is 99.2 Å². The zero-order valence-corrected chi connectivity index (χ0v) is 49.8. The maximum atomic E-state index is 14.8. The number of hydrogen-bond acceptors (Lipinski definition) is 20. The number of aliphatic hydroxyl groups is 7. The third-order valence-corrected chi connectivity index (χ3v) is 15.8. The Morgan fingerprint density at radius 2 is 1.41 bits per heavy atom. The zero-order chi connectivity index (χ0) is 65.2. The molecule has 3 saturated heterocycles. The number of nitrogens with zero attached hydrogens (tertiary/aromatic N) is 3. The number of phenolic OH excluding ortho intramolecular Hbond substituents is 1. The van der Waals surface area contributed by atoms with Gasteiger partial charge in [-0.3, -0.25) is 33.6 Å². The number of aliphatic hydroxyl groups excluding tert-OH is 7. The van der Waals surface area contributed by atoms with E-state index in [-0.39, 0.29) is 36.4 Å². The third-order valence-electron chi connectivity index (χ3n) is 15.8. The number of benzene rings is 4. The Morgan fingerprint density at radius 1 is 0.733 bits per heavy atom. The van der Waals surface area contributed by atoms with Crippen LogP contribution in [0.3, 0.4) is 0 Å². The average Bonchev–Trinajstić information content (AvgIpc) is 1.82. The van der Waals surface area contributed by atoms with Crippen molar-refractivity contribution >= 4 is 58.2 Å². The van der Waals surface area contributed by atoms with E-state index in [1.54, 1.807) is 60.7 Å². The van der Waals surface area contributed by atoms with Gasteiger partial charge in [0.15, 0.2) is 6.23 Å². The van der Waals surface area contributed by atoms with Gasteiger partial charge in [0.25, 0.3) is 5.91 Å². The van der Waals surface area contributed by atoms with E-state index in [1.165, 1.54) is 24.3 Å². The maximum absolute atomic E-state index is 14.8. The molecule has 3 aliphatic heterocycles. The minimum atomic E-state index is -2.38. The first-order chi connectivity index (χ1) is 43.1. The van der Waals surface area contributed by atoms with Crippen LogP contribution in [0.5, 0.6) is 11.5 Å². The molecular formula is C62H79N9O19. The fourth-order valence-electron chi connectivity index (χ4n) is 10.8. The smallest absolute Gasteiger partial charge is 0.407 e. The fourth-order valence-corrected chi connectivity index (χ4v) is 10.8. The van der Waals surface area contributed by atoms with Gasteiger partial charge in [0, 0.05) is 38.0 Å². The van der Waals surface area contributed by atoms with E-state index in [0.717, 1.165) is 61.0 Å². The highest BCUT2D eigenvalue weighted by Crippen LogP contribution is 2.28. The van der Waals surface area contributed by atoms with Gasteiger partial charge in [0.1, 0.15) is 72.7 Å². The van der Waals surface area contributed by atoms with Crippen molar-refractivity contribution in [3.8, 4) is 17.6 Å². The normalized spacial score (nSPS) is 25.2. The number of nitriles is 1. The van der Waals surface area contributed by atoms with Crippen LogP contribution in [0.2, 0.25) is 0 Å². The predicted molar refractivity (Wildman–Crippen MR) is 318 cm³/mol. The number of fused-ring (bicyclic) bond motifs is 3. The number of carbonyl (C=O) groups is 8. The second-order valence-electron chi connectivity index (χ2n) is 22.5. The van der Waals surface area contributed by atoms with Gasteiger partial charge >= 0.3 is 6.09 Å². The molecule has 4 aromatic rings. The Kier molecular flexibility index (Phi) is 25.1. The van der Waals surface area contributed by atoms with Crippen LogP contribution >= 0.6 is 0 Å². The molecule has 14 N–H and O–H groups in total. The van der Waals surface area contributed by atoms with Crippen molar-refractivity contribution < 1.29 is 93.4 Å². The van der Waals surface area contributed by atoms with Crippen LogP contribution < -0.4 is 36.6 Å². The minimum absolute atomic E-state index is 0.00344. The number of unbranched alkanes of at least 4 members (excludes halogenated alkanes) is 4. The Balaban J connectivity index is 1.26. The Bertz CT molecular complexity index is 3170. The first kappa shape index (κ1) is 69.0. The fraction of sp³-hybridized carbons (Fsp3) is 0.500. The summed E-state index contributed by atoms with van der Waals surface area (Å²) < 4.78 is 17.2. The van der Waals surface area contributed by atoms with Gasteiger partial charge < -0.3 is 96.8 Å². The maximum Gasteiger partial charge on any atom is 0.407 e. The molecule has 0 aliphatic carbocycles. The molecule has 0 radical (unpaired) electrons. The summed E-state index contributed by atoms with van der Waals surface area (Å²) in [6.45, 7) is 1.65. The number of alkyl carbamates (subject to hydrolysis) is 1. The Hall–Kier alpha value is -8.53. The number of carbonyl (C=O) groups excluding carboxylic acids is 8. The molecule has 0 saturated carbocycles. The van der Waals surface area contributed by atoms with Crippen molar-refractivity contribution in [1.29, 1.82) is 5.26 Å². The summed E-state index contributed by atoms with van der Waals surface area (Å²) in [4.78, 5) is 117. The van der Waals surface area contributed by atoms with Crippen LogP contribution in [-0.4, -0.2) is 210 Å². The van der Waals surface area contributed by atoms with Crippen LogP contribution in [0, 0.1) is 11.3 Å². The number of phenols is 1. The molecular weight excluding hydrogens is 1170 g/mol. The SMILES string of the molecule is CCCCCCCOc1ccc2cc(C(=O)N[C@H]3C[C@H](O)[C@@H](OCCNC(=O)OCc4ccccc4)NC(=O)[C@@H]4[C@@H](O)CCN4C(=O)[C@H]([C@H](O)CC#N)NC(=O)[C@H]([C@H](O)[C@H](O)c4ccc(O)cc4)NC(=O)[C@@H]4C[C@@H](O)CN4C(=O)[C@H]([C@@H](C)O)NC3=O)ccc2c1. The number of ether oxygens (including phenoxy) is 3. The Labute approximate surface area is 518 Å². The minimum Gasteiger partial charge on any atom is -0.508 e. The van der Waals surface area contributed by atoms with E-state index in [1.807, 2.05) is 0 Å². The van der Waals surface area contributed by atoms with Crippen molar-refractivity contribution in [3.05, 3.63) is 108 Å². The molecule has 0 bridgehead atoms. The van der Waals surface area contributed by atoms with Gasteiger partial charge in [-0.25, -0.2) is 4.79 Å². The van der Waals surface area contributed by atoms with Crippen molar-refractivity contribution in [2.45, 2.75) is 163 Å². The monoisotopic (exact) mass is 1250 g/mol. The van der Waals surface area contributed by atoms with Gasteiger partial charge in [0.2, 0.25) is 35.4 Å². The largest absolute Gasteiger partial charge is 0.508 e. The summed E-state index contributed by atoms with van der Waals surface area (Å²) in [5, 5.41) is 116. The lowest BCUT2D eigenvalue weighted by Gasteiger charge is -2.34. The highest BCUT2D eigenvalue weighted by molar-refractivity contribution is 6.02. The molecule has 90 heavy (non-hydrogen) atoms. The highest BCUT2D eigenvalue weighted by Gasteiger charge is 2.49. The second-order valence-corrected chi connectivity index (χ2v) is 22.5. The molecule has 4 aromatic carbocycles. The number of amides is 8. The van der Waals surface area contributed by atoms with Crippen LogP contribution in [0.25, 0.3) is 10.8 Å². The van der Waals surface area contributed by atoms with Crippen molar-refractivity contribution in [2.24, 2.45) is 0 Å². The average molecular weight is 1250 g/mol. The number of nitrogens with one attached hydrogen (secondary N) is 6. The van der Waals surface area contributed by atoms with E-state index < -0.39 is 172 Å². The number of rotatable bonds is 21. The van der Waals surface area contributed by atoms with E-state index in [9.17, 15) is 84.5 Å². The number of aromatic hydroxyl groups is 1. The first-order valence-electron chi connectivity index (χ1n) is 29.9. The molecule has 28 heteroatoms. The van der Waals surface area contributed by atoms with Crippen molar-refractivity contribution in [3.63, 3.8) is 0 Å². The van der Waals surface area contributed by atoms with Gasteiger partial charge in [-0.1, -0.05) is 87.2 Å². The predicted octanol–water partition coefficient (Wildman–Crippen LogP) is -0.729. The molecule has 3 fully saturated rings. The lowest BCUT2D eigenvalue weighted by atomic mass is 9.96. The van der Waals surface area contributed by atoms with E-state index >= 15 is 0 Å². The molecule has 3 aliphatic rings. The summed E-state index contributed by atoms with van der Waals surface area (Å²) >= 11 is 0. The summed E-state index contributed by atoms with van der Waals surface area (Å²) in [6.07, 6.45) is -14.0. The lowest BCUT2D eigenvalue weighted by Crippen LogP contribution is -2.64. The van der Waals surface area contributed by atoms with Crippen LogP contribution in [0.15, 0.2) is 91.0 Å². The topological polar surface area (TPSA) is 429 Å². The number of hydrogen-bond donors (Lipinski definition) is 14. The second kappa shape index (κ2) is 32.8. The molecule has 8 amide bonds. The van der Waals surface area contributed by atoms with Crippen molar-refractivity contribution in [2.75, 3.05) is 32.8 Å². The quantitative estimate of drug-likeness (QED) is 0.0457. The summed E-state index contributed by atoms with van der Waals surface area (Å²) in [6, 6.07) is 12.6. The molecule has 0 unspecified atom stereocenters. The lowest BCUT2D eigenvalue weighted by molar-refractivity contribution is -0.149. The van der Waals surface area contributed by atoms with E-state index in [4.69, 9.17) is 14.2 Å². The molecule has 0 spiro atoms. The third kappa shape index (κ3) is 18.3. The highest BCUT2D eigenvalue weighted by atomic mass is 16.6. The zero-order valence-electron chi connectivity index (χ0n) is 49.8. The molecule has 28 nitrogen and oxygen atoms in total. The van der Waals surface area contributed by atoms with Gasteiger partial charge in [-0.2, -0.15) is 5.26 Å². The summed E-state index contributed by atoms with van der Waals surface area (Å²) in [7, 11) is 0. The van der Waals surface area contributed by atoms with Crippen LogP contribution in [-0.2, 0) is 44.8 Å². The molecule has 3 heterocycles.